The Morgan fingerprint density at radius 1 is 1.78 bits per heavy atom. The van der Waals surface area contributed by atoms with E-state index in [1.165, 1.54) is 6.08 Å². The lowest BCUT2D eigenvalue weighted by atomic mass is 9.99. The standard InChI is InChI=1S/C7H10FN/c1-5-3-2-4-6(8)7(5)9/h2,4-5H,3,9H2,1H3. The Hall–Kier alpha value is -0.790. The second kappa shape index (κ2) is 2.21. The van der Waals surface area contributed by atoms with E-state index in [2.05, 4.69) is 0 Å². The summed E-state index contributed by atoms with van der Waals surface area (Å²) in [6, 6.07) is 0. The third-order valence-electron chi connectivity index (χ3n) is 1.56. The molecule has 0 amide bonds. The zero-order valence-electron chi connectivity index (χ0n) is 5.39. The zero-order chi connectivity index (χ0) is 6.85. The van der Waals surface area contributed by atoms with Crippen molar-refractivity contribution in [3.8, 4) is 0 Å². The summed E-state index contributed by atoms with van der Waals surface area (Å²) in [6.45, 7) is 1.92. The minimum absolute atomic E-state index is 0.176. The van der Waals surface area contributed by atoms with Crippen LogP contribution in [0.15, 0.2) is 23.7 Å². The molecule has 1 atom stereocenters. The van der Waals surface area contributed by atoms with Gasteiger partial charge in [0.2, 0.25) is 0 Å². The van der Waals surface area contributed by atoms with Crippen LogP contribution in [0.3, 0.4) is 0 Å². The molecule has 2 heteroatoms. The molecule has 2 N–H and O–H groups in total. The minimum atomic E-state index is -0.270. The van der Waals surface area contributed by atoms with E-state index < -0.39 is 0 Å². The number of halogens is 1. The van der Waals surface area contributed by atoms with Gasteiger partial charge in [-0.15, -0.1) is 0 Å². The minimum Gasteiger partial charge on any atom is -0.399 e. The van der Waals surface area contributed by atoms with Gasteiger partial charge >= 0.3 is 0 Å². The van der Waals surface area contributed by atoms with E-state index in [0.717, 1.165) is 6.42 Å². The number of nitrogens with two attached hydrogens (primary N) is 1. The van der Waals surface area contributed by atoms with Crippen molar-refractivity contribution in [1.29, 1.82) is 0 Å². The Kier molecular flexibility index (Phi) is 1.56. The predicted molar refractivity (Wildman–Crippen MR) is 35.2 cm³/mol. The maximum atomic E-state index is 12.5. The van der Waals surface area contributed by atoms with E-state index in [9.17, 15) is 4.39 Å². The van der Waals surface area contributed by atoms with Crippen molar-refractivity contribution >= 4 is 0 Å². The van der Waals surface area contributed by atoms with Gasteiger partial charge in [-0.05, 0) is 12.5 Å². The molecule has 0 heterocycles. The molecule has 9 heavy (non-hydrogen) atoms. The summed E-state index contributed by atoms with van der Waals surface area (Å²) in [5, 5.41) is 0. The summed E-state index contributed by atoms with van der Waals surface area (Å²) < 4.78 is 12.5. The van der Waals surface area contributed by atoms with Crippen molar-refractivity contribution in [2.45, 2.75) is 13.3 Å². The van der Waals surface area contributed by atoms with Crippen LogP contribution in [-0.2, 0) is 0 Å². The second-order valence-corrected chi connectivity index (χ2v) is 2.34. The topological polar surface area (TPSA) is 26.0 Å². The fourth-order valence-corrected chi connectivity index (χ4v) is 0.834. The Bertz CT molecular complexity index is 170. The first-order valence-electron chi connectivity index (χ1n) is 3.03. The van der Waals surface area contributed by atoms with Gasteiger partial charge in [0.1, 0.15) is 5.83 Å². The van der Waals surface area contributed by atoms with Gasteiger partial charge < -0.3 is 5.73 Å². The highest BCUT2D eigenvalue weighted by atomic mass is 19.1. The van der Waals surface area contributed by atoms with Gasteiger partial charge in [-0.2, -0.15) is 0 Å². The number of hydrogen-bond acceptors (Lipinski definition) is 1. The molecule has 0 saturated carbocycles. The van der Waals surface area contributed by atoms with Crippen molar-refractivity contribution in [3.63, 3.8) is 0 Å². The van der Waals surface area contributed by atoms with Crippen LogP contribution in [0.5, 0.6) is 0 Å². The molecule has 0 aromatic rings. The van der Waals surface area contributed by atoms with Crippen molar-refractivity contribution < 1.29 is 4.39 Å². The molecule has 50 valence electrons. The number of hydrogen-bond donors (Lipinski definition) is 1. The molecule has 0 saturated heterocycles. The monoisotopic (exact) mass is 127 g/mol. The largest absolute Gasteiger partial charge is 0.399 e. The summed E-state index contributed by atoms with van der Waals surface area (Å²) in [4.78, 5) is 0. The molecule has 1 nitrogen and oxygen atoms in total. The molecule has 0 bridgehead atoms. The predicted octanol–water partition coefficient (Wildman–Crippen LogP) is 1.72. The average molecular weight is 127 g/mol. The second-order valence-electron chi connectivity index (χ2n) is 2.34. The molecular formula is C7H10FN. The lowest BCUT2D eigenvalue weighted by Gasteiger charge is -2.12. The molecule has 0 aliphatic heterocycles. The molecule has 0 spiro atoms. The Balaban J connectivity index is 2.83. The highest BCUT2D eigenvalue weighted by Crippen LogP contribution is 2.20. The fraction of sp³-hybridized carbons (Fsp3) is 0.429. The highest BCUT2D eigenvalue weighted by molar-refractivity contribution is 5.23. The molecule has 0 radical (unpaired) electrons. The lowest BCUT2D eigenvalue weighted by Crippen LogP contribution is -2.11. The maximum Gasteiger partial charge on any atom is 0.141 e. The van der Waals surface area contributed by atoms with Gasteiger partial charge in [0.25, 0.3) is 0 Å². The molecule has 1 aliphatic rings. The van der Waals surface area contributed by atoms with Crippen molar-refractivity contribution in [1.82, 2.24) is 0 Å². The van der Waals surface area contributed by atoms with E-state index in [4.69, 9.17) is 5.73 Å². The van der Waals surface area contributed by atoms with Crippen LogP contribution >= 0.6 is 0 Å². The number of rotatable bonds is 0. The van der Waals surface area contributed by atoms with Crippen molar-refractivity contribution in [2.24, 2.45) is 11.7 Å². The summed E-state index contributed by atoms with van der Waals surface area (Å²) in [7, 11) is 0. The lowest BCUT2D eigenvalue weighted by molar-refractivity contribution is 0.578. The van der Waals surface area contributed by atoms with Crippen molar-refractivity contribution in [2.75, 3.05) is 0 Å². The zero-order valence-corrected chi connectivity index (χ0v) is 5.39. The summed E-state index contributed by atoms with van der Waals surface area (Å²) >= 11 is 0. The Morgan fingerprint density at radius 2 is 2.44 bits per heavy atom. The summed E-state index contributed by atoms with van der Waals surface area (Å²) in [5.74, 6) is -0.0938. The normalized spacial score (nSPS) is 27.1. The van der Waals surface area contributed by atoms with Crippen LogP contribution in [0.2, 0.25) is 0 Å². The van der Waals surface area contributed by atoms with Gasteiger partial charge in [0.05, 0.1) is 0 Å². The van der Waals surface area contributed by atoms with Crippen LogP contribution in [0.1, 0.15) is 13.3 Å². The maximum absolute atomic E-state index is 12.5. The molecule has 1 rings (SSSR count). The molecule has 1 aliphatic carbocycles. The van der Waals surface area contributed by atoms with Gasteiger partial charge in [-0.25, -0.2) is 4.39 Å². The van der Waals surface area contributed by atoms with E-state index >= 15 is 0 Å². The first-order chi connectivity index (χ1) is 4.22. The van der Waals surface area contributed by atoms with Crippen LogP contribution in [0.25, 0.3) is 0 Å². The first-order valence-corrected chi connectivity index (χ1v) is 3.03. The first kappa shape index (κ1) is 6.33. The Morgan fingerprint density at radius 3 is 2.89 bits per heavy atom. The van der Waals surface area contributed by atoms with Gasteiger partial charge in [-0.1, -0.05) is 13.0 Å². The third-order valence-corrected chi connectivity index (χ3v) is 1.56. The SMILES string of the molecule is CC1CC=CC(F)=C1N. The Labute approximate surface area is 54.0 Å². The highest BCUT2D eigenvalue weighted by Gasteiger charge is 2.11. The average Bonchev–Trinajstić information content (AvgIpc) is 1.83. The van der Waals surface area contributed by atoms with Crippen LogP contribution in [0, 0.1) is 5.92 Å². The van der Waals surface area contributed by atoms with Crippen LogP contribution < -0.4 is 5.73 Å². The van der Waals surface area contributed by atoms with Gasteiger partial charge in [-0.3, -0.25) is 0 Å². The van der Waals surface area contributed by atoms with Gasteiger partial charge in [0, 0.05) is 11.6 Å². The quantitative estimate of drug-likeness (QED) is 0.526. The molecular weight excluding hydrogens is 117 g/mol. The number of allylic oxidation sites excluding steroid dienone is 4. The van der Waals surface area contributed by atoms with Crippen LogP contribution in [0.4, 0.5) is 4.39 Å². The summed E-state index contributed by atoms with van der Waals surface area (Å²) in [6.07, 6.45) is 4.09. The molecule has 0 aromatic carbocycles. The third kappa shape index (κ3) is 1.12. The van der Waals surface area contributed by atoms with E-state index in [1.54, 1.807) is 6.08 Å². The molecule has 0 fully saturated rings. The smallest absolute Gasteiger partial charge is 0.141 e. The fourth-order valence-electron chi connectivity index (χ4n) is 0.834. The molecule has 0 aromatic heterocycles. The van der Waals surface area contributed by atoms with Crippen molar-refractivity contribution in [3.05, 3.63) is 23.7 Å². The van der Waals surface area contributed by atoms with E-state index in [1.807, 2.05) is 6.92 Å². The van der Waals surface area contributed by atoms with E-state index in [-0.39, 0.29) is 11.7 Å². The van der Waals surface area contributed by atoms with Crippen LogP contribution in [-0.4, -0.2) is 0 Å². The van der Waals surface area contributed by atoms with E-state index in [0.29, 0.717) is 5.70 Å². The van der Waals surface area contributed by atoms with Gasteiger partial charge in [0.15, 0.2) is 0 Å². The molecule has 1 unspecified atom stereocenters. The summed E-state index contributed by atoms with van der Waals surface area (Å²) in [5.41, 5.74) is 5.76.